The topological polar surface area (TPSA) is 20.3 Å². The molecule has 0 saturated carbocycles. The van der Waals surface area contributed by atoms with E-state index in [-0.39, 0.29) is 6.04 Å². The van der Waals surface area contributed by atoms with Crippen LogP contribution in [0.4, 0.5) is 5.69 Å². The third-order valence-electron chi connectivity index (χ3n) is 3.42. The highest BCUT2D eigenvalue weighted by molar-refractivity contribution is 5.88. The molecule has 2 heteroatoms. The average Bonchev–Trinajstić information content (AvgIpc) is 2.83. The van der Waals surface area contributed by atoms with Crippen molar-refractivity contribution in [3.8, 4) is 0 Å². The van der Waals surface area contributed by atoms with Crippen LogP contribution in [0.3, 0.4) is 0 Å². The molecule has 0 amide bonds. The zero-order valence-electron chi connectivity index (χ0n) is 10.1. The second kappa shape index (κ2) is 4.65. The van der Waals surface area contributed by atoms with E-state index in [9.17, 15) is 4.79 Å². The van der Waals surface area contributed by atoms with Gasteiger partial charge in [-0.25, -0.2) is 0 Å². The third kappa shape index (κ3) is 2.02. The quantitative estimate of drug-likeness (QED) is 0.799. The Labute approximate surface area is 107 Å². The van der Waals surface area contributed by atoms with Crippen molar-refractivity contribution < 1.29 is 4.79 Å². The van der Waals surface area contributed by atoms with E-state index in [2.05, 4.69) is 29.2 Å². The molecule has 1 atom stereocenters. The van der Waals surface area contributed by atoms with Gasteiger partial charge in [0.05, 0.1) is 12.6 Å². The number of Topliss-reactive ketones (excluding diaryl/α,β-unsaturated/α-hetero) is 1. The molecule has 0 aromatic heterocycles. The fourth-order valence-electron chi connectivity index (χ4n) is 2.55. The van der Waals surface area contributed by atoms with Crippen molar-refractivity contribution in [2.24, 2.45) is 0 Å². The van der Waals surface area contributed by atoms with Crippen LogP contribution >= 0.6 is 0 Å². The minimum Gasteiger partial charge on any atom is -0.357 e. The smallest absolute Gasteiger partial charge is 0.154 e. The molecule has 1 saturated heterocycles. The number of benzene rings is 2. The van der Waals surface area contributed by atoms with Crippen molar-refractivity contribution in [2.45, 2.75) is 12.5 Å². The largest absolute Gasteiger partial charge is 0.357 e. The second-order valence-corrected chi connectivity index (χ2v) is 4.63. The lowest BCUT2D eigenvalue weighted by Gasteiger charge is -2.26. The lowest BCUT2D eigenvalue weighted by Crippen LogP contribution is -2.23. The highest BCUT2D eigenvalue weighted by Crippen LogP contribution is 2.34. The highest BCUT2D eigenvalue weighted by Gasteiger charge is 2.31. The number of hydrogen-bond donors (Lipinski definition) is 0. The van der Waals surface area contributed by atoms with Crippen LogP contribution in [0.25, 0.3) is 0 Å². The molecule has 0 radical (unpaired) electrons. The van der Waals surface area contributed by atoms with E-state index < -0.39 is 0 Å². The van der Waals surface area contributed by atoms with Crippen LogP contribution in [-0.2, 0) is 4.79 Å². The molecule has 0 N–H and O–H groups in total. The maximum atomic E-state index is 11.8. The van der Waals surface area contributed by atoms with Crippen LogP contribution in [0.5, 0.6) is 0 Å². The van der Waals surface area contributed by atoms with Gasteiger partial charge in [0.1, 0.15) is 0 Å². The average molecular weight is 237 g/mol. The predicted molar refractivity (Wildman–Crippen MR) is 72.6 cm³/mol. The summed E-state index contributed by atoms with van der Waals surface area (Å²) in [5.74, 6) is 0.313. The van der Waals surface area contributed by atoms with Gasteiger partial charge in [0, 0.05) is 12.1 Å². The lowest BCUT2D eigenvalue weighted by atomic mass is 10.0. The number of ketones is 1. The lowest BCUT2D eigenvalue weighted by molar-refractivity contribution is -0.116. The number of carbonyl (C=O) groups excluding carboxylic acids is 1. The Bertz CT molecular complexity index is 486. The summed E-state index contributed by atoms with van der Waals surface area (Å²) in [7, 11) is 0. The van der Waals surface area contributed by atoms with Crippen molar-refractivity contribution in [3.63, 3.8) is 0 Å². The molecule has 1 fully saturated rings. The molecule has 0 aliphatic carbocycles. The van der Waals surface area contributed by atoms with Crippen LogP contribution in [0.15, 0.2) is 60.7 Å². The van der Waals surface area contributed by atoms with Gasteiger partial charge >= 0.3 is 0 Å². The number of rotatable bonds is 2. The van der Waals surface area contributed by atoms with E-state index >= 15 is 0 Å². The molecular weight excluding hydrogens is 222 g/mol. The Morgan fingerprint density at radius 2 is 1.50 bits per heavy atom. The van der Waals surface area contributed by atoms with Gasteiger partial charge in [-0.2, -0.15) is 0 Å². The summed E-state index contributed by atoms with van der Waals surface area (Å²) in [5.41, 5.74) is 2.34. The predicted octanol–water partition coefficient (Wildman–Crippen LogP) is 3.21. The van der Waals surface area contributed by atoms with Crippen molar-refractivity contribution in [1.29, 1.82) is 0 Å². The van der Waals surface area contributed by atoms with Gasteiger partial charge in [-0.1, -0.05) is 48.5 Å². The van der Waals surface area contributed by atoms with Crippen molar-refractivity contribution in [1.82, 2.24) is 0 Å². The number of nitrogens with zero attached hydrogens (tertiary/aromatic N) is 1. The van der Waals surface area contributed by atoms with Gasteiger partial charge in [0.15, 0.2) is 5.78 Å². The van der Waals surface area contributed by atoms with Gasteiger partial charge in [0.2, 0.25) is 0 Å². The van der Waals surface area contributed by atoms with Crippen LogP contribution in [0, 0.1) is 0 Å². The minimum atomic E-state index is 0.182. The summed E-state index contributed by atoms with van der Waals surface area (Å²) >= 11 is 0. The maximum Gasteiger partial charge on any atom is 0.154 e. The standard InChI is InChI=1S/C16H15NO/c18-15-11-16(13-7-3-1-4-8-13)17(12-15)14-9-5-2-6-10-14/h1-10,16H,11-12H2/t16-/m0/s1. The monoisotopic (exact) mass is 237 g/mol. The molecule has 0 spiro atoms. The van der Waals surface area contributed by atoms with Crippen LogP contribution in [0.2, 0.25) is 0 Å². The summed E-state index contributed by atoms with van der Waals surface area (Å²) in [4.78, 5) is 14.0. The molecule has 1 heterocycles. The first-order chi connectivity index (χ1) is 8.84. The van der Waals surface area contributed by atoms with E-state index in [4.69, 9.17) is 0 Å². The molecular formula is C16H15NO. The number of hydrogen-bond acceptors (Lipinski definition) is 2. The van der Waals surface area contributed by atoms with Gasteiger partial charge in [-0.15, -0.1) is 0 Å². The Kier molecular flexibility index (Phi) is 2.85. The van der Waals surface area contributed by atoms with E-state index in [1.807, 2.05) is 36.4 Å². The zero-order valence-corrected chi connectivity index (χ0v) is 10.1. The Balaban J connectivity index is 1.96. The summed E-state index contributed by atoms with van der Waals surface area (Å²) in [5, 5.41) is 0. The summed E-state index contributed by atoms with van der Waals surface area (Å²) in [6.45, 7) is 0.517. The SMILES string of the molecule is O=C1C[C@@H](c2ccccc2)N(c2ccccc2)C1. The number of para-hydroxylation sites is 1. The summed E-state index contributed by atoms with van der Waals surface area (Å²) in [6.07, 6.45) is 0.610. The molecule has 2 aromatic carbocycles. The van der Waals surface area contributed by atoms with Crippen LogP contribution < -0.4 is 4.90 Å². The molecule has 2 aromatic rings. The maximum absolute atomic E-state index is 11.8. The molecule has 18 heavy (non-hydrogen) atoms. The Morgan fingerprint density at radius 3 is 2.17 bits per heavy atom. The highest BCUT2D eigenvalue weighted by atomic mass is 16.1. The fraction of sp³-hybridized carbons (Fsp3) is 0.188. The number of carbonyl (C=O) groups is 1. The first-order valence-electron chi connectivity index (χ1n) is 6.23. The molecule has 1 aliphatic heterocycles. The first kappa shape index (κ1) is 11.0. The molecule has 0 bridgehead atoms. The minimum absolute atomic E-state index is 0.182. The van der Waals surface area contributed by atoms with Crippen molar-refractivity contribution >= 4 is 11.5 Å². The van der Waals surface area contributed by atoms with E-state index in [1.54, 1.807) is 0 Å². The van der Waals surface area contributed by atoms with Gasteiger partial charge in [0.25, 0.3) is 0 Å². The molecule has 2 nitrogen and oxygen atoms in total. The Morgan fingerprint density at radius 1 is 0.889 bits per heavy atom. The van der Waals surface area contributed by atoms with E-state index in [1.165, 1.54) is 5.56 Å². The van der Waals surface area contributed by atoms with Gasteiger partial charge in [-0.05, 0) is 17.7 Å². The van der Waals surface area contributed by atoms with Crippen molar-refractivity contribution in [2.75, 3.05) is 11.4 Å². The molecule has 90 valence electrons. The van der Waals surface area contributed by atoms with Gasteiger partial charge < -0.3 is 4.90 Å². The number of anilines is 1. The van der Waals surface area contributed by atoms with Crippen molar-refractivity contribution in [3.05, 3.63) is 66.2 Å². The van der Waals surface area contributed by atoms with Crippen LogP contribution in [-0.4, -0.2) is 12.3 Å². The third-order valence-corrected chi connectivity index (χ3v) is 3.42. The summed E-state index contributed by atoms with van der Waals surface area (Å²) < 4.78 is 0. The normalized spacial score (nSPS) is 19.2. The Hall–Kier alpha value is -2.09. The van der Waals surface area contributed by atoms with Gasteiger partial charge in [-0.3, -0.25) is 4.79 Å². The molecule has 1 aliphatic rings. The van der Waals surface area contributed by atoms with E-state index in [0.29, 0.717) is 18.7 Å². The molecule has 3 rings (SSSR count). The molecule has 0 unspecified atom stereocenters. The fourth-order valence-corrected chi connectivity index (χ4v) is 2.55. The zero-order chi connectivity index (χ0) is 12.4. The summed E-state index contributed by atoms with van der Waals surface area (Å²) in [6, 6.07) is 20.6. The van der Waals surface area contributed by atoms with Crippen LogP contribution in [0.1, 0.15) is 18.0 Å². The second-order valence-electron chi connectivity index (χ2n) is 4.63. The first-order valence-corrected chi connectivity index (χ1v) is 6.23. The van der Waals surface area contributed by atoms with E-state index in [0.717, 1.165) is 5.69 Å².